The number of halogens is 2. The third-order valence-electron chi connectivity index (χ3n) is 3.55. The van der Waals surface area contributed by atoms with Crippen molar-refractivity contribution >= 4 is 34.2 Å². The molecule has 1 aromatic carbocycles. The van der Waals surface area contributed by atoms with Gasteiger partial charge in [-0.05, 0) is 37.5 Å². The van der Waals surface area contributed by atoms with Crippen LogP contribution in [0.2, 0.25) is 0 Å². The summed E-state index contributed by atoms with van der Waals surface area (Å²) in [4.78, 5) is 12.3. The summed E-state index contributed by atoms with van der Waals surface area (Å²) < 4.78 is 6.28. The quantitative estimate of drug-likeness (QED) is 0.867. The Hall–Kier alpha value is -0.620. The van der Waals surface area contributed by atoms with E-state index in [1.54, 1.807) is 0 Å². The Morgan fingerprint density at radius 3 is 2.45 bits per heavy atom. The van der Waals surface area contributed by atoms with Crippen LogP contribution < -0.4 is 11.1 Å². The molecule has 0 saturated carbocycles. The maximum absolute atomic E-state index is 12.3. The maximum atomic E-state index is 12.3. The van der Waals surface area contributed by atoms with Gasteiger partial charge in [-0.3, -0.25) is 4.79 Å². The van der Waals surface area contributed by atoms with Crippen LogP contribution in [0.1, 0.15) is 31.4 Å². The fourth-order valence-electron chi connectivity index (χ4n) is 2.14. The average molecular weight is 364 g/mol. The lowest BCUT2D eigenvalue weighted by Gasteiger charge is -2.33. The number of nitrogens with one attached hydrogen (secondary N) is 1. The predicted octanol–water partition coefficient (Wildman–Crippen LogP) is 2.56. The summed E-state index contributed by atoms with van der Waals surface area (Å²) in [6, 6.07) is 7.85. The van der Waals surface area contributed by atoms with E-state index in [-0.39, 0.29) is 24.4 Å². The molecule has 1 aliphatic heterocycles. The number of rotatable bonds is 3. The van der Waals surface area contributed by atoms with Gasteiger partial charge in [-0.25, -0.2) is 0 Å². The summed E-state index contributed by atoms with van der Waals surface area (Å²) in [5.74, 6) is -0.0915. The van der Waals surface area contributed by atoms with E-state index < -0.39 is 5.54 Å². The van der Waals surface area contributed by atoms with Gasteiger partial charge < -0.3 is 15.8 Å². The van der Waals surface area contributed by atoms with Crippen LogP contribution in [-0.2, 0) is 9.53 Å². The van der Waals surface area contributed by atoms with Crippen LogP contribution in [0.3, 0.4) is 0 Å². The molecule has 1 saturated heterocycles. The summed E-state index contributed by atoms with van der Waals surface area (Å²) in [6.45, 7) is 3.07. The van der Waals surface area contributed by atoms with Crippen LogP contribution >= 0.6 is 28.3 Å². The molecule has 1 aromatic rings. The molecule has 112 valence electrons. The average Bonchev–Trinajstić information content (AvgIpc) is 2.40. The molecule has 20 heavy (non-hydrogen) atoms. The second-order valence-electron chi connectivity index (χ2n) is 5.02. The number of ether oxygens (including phenoxy) is 1. The normalized spacial score (nSPS) is 18.8. The number of hydrogen-bond acceptors (Lipinski definition) is 3. The number of amides is 1. The minimum atomic E-state index is -0.790. The Balaban J connectivity index is 0.00000200. The van der Waals surface area contributed by atoms with Crippen LogP contribution in [0.4, 0.5) is 0 Å². The number of carbonyl (C=O) groups is 1. The van der Waals surface area contributed by atoms with E-state index in [9.17, 15) is 4.79 Å². The molecular weight excluding hydrogens is 344 g/mol. The van der Waals surface area contributed by atoms with Gasteiger partial charge >= 0.3 is 0 Å². The van der Waals surface area contributed by atoms with Gasteiger partial charge in [-0.2, -0.15) is 0 Å². The van der Waals surface area contributed by atoms with Gasteiger partial charge in [-0.15, -0.1) is 12.4 Å². The fourth-order valence-corrected chi connectivity index (χ4v) is 2.40. The van der Waals surface area contributed by atoms with E-state index in [4.69, 9.17) is 10.5 Å². The molecule has 6 heteroatoms. The van der Waals surface area contributed by atoms with Crippen LogP contribution in [-0.4, -0.2) is 24.7 Å². The van der Waals surface area contributed by atoms with E-state index in [1.807, 2.05) is 31.2 Å². The summed E-state index contributed by atoms with van der Waals surface area (Å²) in [5.41, 5.74) is 6.43. The van der Waals surface area contributed by atoms with E-state index >= 15 is 0 Å². The standard InChI is InChI=1S/C14H19BrN2O2.ClH/c1-10(11-2-4-12(15)5-3-11)17-13(18)14(16)6-8-19-9-7-14;/h2-5,10H,6-9,16H2,1H3,(H,17,18);1H. The largest absolute Gasteiger partial charge is 0.381 e. The van der Waals surface area contributed by atoms with Gasteiger partial charge in [0.2, 0.25) is 5.91 Å². The van der Waals surface area contributed by atoms with Gasteiger partial charge in [0.05, 0.1) is 11.6 Å². The second kappa shape index (κ2) is 7.41. The van der Waals surface area contributed by atoms with Crippen molar-refractivity contribution in [1.29, 1.82) is 0 Å². The van der Waals surface area contributed by atoms with Crippen LogP contribution in [0.5, 0.6) is 0 Å². The zero-order valence-corrected chi connectivity index (χ0v) is 13.8. The minimum Gasteiger partial charge on any atom is -0.381 e. The predicted molar refractivity (Wildman–Crippen MR) is 84.9 cm³/mol. The molecule has 1 aliphatic rings. The van der Waals surface area contributed by atoms with Crippen LogP contribution in [0.15, 0.2) is 28.7 Å². The first-order chi connectivity index (χ1) is 9.01. The second-order valence-corrected chi connectivity index (χ2v) is 5.93. The molecule has 1 atom stereocenters. The molecule has 1 unspecified atom stereocenters. The van der Waals surface area contributed by atoms with E-state index in [0.29, 0.717) is 26.1 Å². The summed E-state index contributed by atoms with van der Waals surface area (Å²) >= 11 is 3.40. The van der Waals surface area contributed by atoms with Crippen molar-refractivity contribution in [1.82, 2.24) is 5.32 Å². The highest BCUT2D eigenvalue weighted by atomic mass is 79.9. The molecule has 2 rings (SSSR count). The molecule has 0 spiro atoms. The zero-order chi connectivity index (χ0) is 13.9. The lowest BCUT2D eigenvalue weighted by Crippen LogP contribution is -2.57. The van der Waals surface area contributed by atoms with Gasteiger partial charge in [0.25, 0.3) is 0 Å². The molecule has 0 aliphatic carbocycles. The highest BCUT2D eigenvalue weighted by Gasteiger charge is 2.36. The van der Waals surface area contributed by atoms with E-state index in [0.717, 1.165) is 10.0 Å². The van der Waals surface area contributed by atoms with Crippen molar-refractivity contribution in [3.8, 4) is 0 Å². The lowest BCUT2D eigenvalue weighted by atomic mass is 9.90. The SMILES string of the molecule is CC(NC(=O)C1(N)CCOCC1)c1ccc(Br)cc1.Cl. The maximum Gasteiger partial charge on any atom is 0.240 e. The van der Waals surface area contributed by atoms with Crippen molar-refractivity contribution in [3.05, 3.63) is 34.3 Å². The highest BCUT2D eigenvalue weighted by Crippen LogP contribution is 2.21. The zero-order valence-electron chi connectivity index (χ0n) is 11.4. The molecule has 1 heterocycles. The molecular formula is C14H20BrClN2O2. The first-order valence-electron chi connectivity index (χ1n) is 6.44. The Labute approximate surface area is 134 Å². The van der Waals surface area contributed by atoms with Crippen molar-refractivity contribution in [2.24, 2.45) is 5.73 Å². The molecule has 1 fully saturated rings. The van der Waals surface area contributed by atoms with Crippen molar-refractivity contribution in [2.75, 3.05) is 13.2 Å². The molecule has 0 radical (unpaired) electrons. The molecule has 0 aromatic heterocycles. The van der Waals surface area contributed by atoms with E-state index in [1.165, 1.54) is 0 Å². The Morgan fingerprint density at radius 1 is 1.35 bits per heavy atom. The third kappa shape index (κ3) is 4.19. The number of benzene rings is 1. The Kier molecular flexibility index (Phi) is 6.45. The third-order valence-corrected chi connectivity index (χ3v) is 4.08. The molecule has 4 nitrogen and oxygen atoms in total. The summed E-state index contributed by atoms with van der Waals surface area (Å²) in [6.07, 6.45) is 1.15. The van der Waals surface area contributed by atoms with Crippen molar-refractivity contribution < 1.29 is 9.53 Å². The van der Waals surface area contributed by atoms with Crippen molar-refractivity contribution in [2.45, 2.75) is 31.3 Å². The number of nitrogens with two attached hydrogens (primary N) is 1. The smallest absolute Gasteiger partial charge is 0.240 e. The Morgan fingerprint density at radius 2 is 1.90 bits per heavy atom. The monoisotopic (exact) mass is 362 g/mol. The van der Waals surface area contributed by atoms with Crippen molar-refractivity contribution in [3.63, 3.8) is 0 Å². The van der Waals surface area contributed by atoms with Gasteiger partial charge in [0.1, 0.15) is 0 Å². The van der Waals surface area contributed by atoms with Gasteiger partial charge in [-0.1, -0.05) is 28.1 Å². The number of hydrogen-bond donors (Lipinski definition) is 2. The molecule has 1 amide bonds. The topological polar surface area (TPSA) is 64.4 Å². The van der Waals surface area contributed by atoms with Crippen LogP contribution in [0, 0.1) is 0 Å². The van der Waals surface area contributed by atoms with Gasteiger partial charge in [0, 0.05) is 17.7 Å². The molecule has 3 N–H and O–H groups in total. The lowest BCUT2D eigenvalue weighted by molar-refractivity contribution is -0.130. The number of carbonyl (C=O) groups excluding carboxylic acids is 1. The molecule has 0 bridgehead atoms. The Bertz CT molecular complexity index is 447. The minimum absolute atomic E-state index is 0. The van der Waals surface area contributed by atoms with Gasteiger partial charge in [0.15, 0.2) is 0 Å². The first-order valence-corrected chi connectivity index (χ1v) is 7.24. The summed E-state index contributed by atoms with van der Waals surface area (Å²) in [5, 5.41) is 2.99. The highest BCUT2D eigenvalue weighted by molar-refractivity contribution is 9.10. The first kappa shape index (κ1) is 17.4. The van der Waals surface area contributed by atoms with Crippen LogP contribution in [0.25, 0.3) is 0 Å². The summed E-state index contributed by atoms with van der Waals surface area (Å²) in [7, 11) is 0. The van der Waals surface area contributed by atoms with E-state index in [2.05, 4.69) is 21.2 Å². The fraction of sp³-hybridized carbons (Fsp3) is 0.500.